The number of aryl methyl sites for hydroxylation is 1. The van der Waals surface area contributed by atoms with Crippen molar-refractivity contribution in [1.82, 2.24) is 9.47 Å². The predicted molar refractivity (Wildman–Crippen MR) is 104 cm³/mol. The predicted octanol–water partition coefficient (Wildman–Crippen LogP) is 3.83. The smallest absolute Gasteiger partial charge is 0.328 e. The zero-order chi connectivity index (χ0) is 20.6. The van der Waals surface area contributed by atoms with Crippen molar-refractivity contribution in [1.29, 1.82) is 0 Å². The second-order valence-electron chi connectivity index (χ2n) is 6.39. The fraction of sp³-hybridized carbons (Fsp3) is 0.250. The standard InChI is InChI=1S/C20H19FN2O4S/c1-11-9-14(12(2)22(11)16-7-5-15(21)6-8-16)10-17-18(24)23(20(26)28-17)13(3)19(25)27-4/h5-10,13H,1-4H3/b17-10+. The Morgan fingerprint density at radius 2 is 1.86 bits per heavy atom. The van der Waals surface area contributed by atoms with Gasteiger partial charge < -0.3 is 9.30 Å². The van der Waals surface area contributed by atoms with Crippen molar-refractivity contribution < 1.29 is 23.5 Å². The van der Waals surface area contributed by atoms with Gasteiger partial charge in [0, 0.05) is 17.1 Å². The number of halogens is 1. The van der Waals surface area contributed by atoms with Crippen LogP contribution in [-0.2, 0) is 14.3 Å². The number of rotatable bonds is 4. The number of carbonyl (C=O) groups is 3. The van der Waals surface area contributed by atoms with Crippen LogP contribution in [0.15, 0.2) is 35.2 Å². The quantitative estimate of drug-likeness (QED) is 0.574. The minimum atomic E-state index is -0.991. The van der Waals surface area contributed by atoms with Gasteiger partial charge in [-0.1, -0.05) is 0 Å². The first-order valence-corrected chi connectivity index (χ1v) is 9.36. The molecule has 1 fully saturated rings. The summed E-state index contributed by atoms with van der Waals surface area (Å²) >= 11 is 0.786. The maximum atomic E-state index is 13.2. The number of thioether (sulfide) groups is 1. The normalized spacial score (nSPS) is 16.8. The minimum Gasteiger partial charge on any atom is -0.467 e. The van der Waals surface area contributed by atoms with Crippen molar-refractivity contribution >= 4 is 35.0 Å². The van der Waals surface area contributed by atoms with Crippen LogP contribution in [0.2, 0.25) is 0 Å². The lowest BCUT2D eigenvalue weighted by Crippen LogP contribution is -2.42. The molecule has 1 saturated heterocycles. The summed E-state index contributed by atoms with van der Waals surface area (Å²) in [5.74, 6) is -1.50. The molecule has 0 radical (unpaired) electrons. The summed E-state index contributed by atoms with van der Waals surface area (Å²) in [6, 6.07) is 7.00. The fourth-order valence-electron chi connectivity index (χ4n) is 3.15. The number of hydrogen-bond donors (Lipinski definition) is 0. The molecule has 3 rings (SSSR count). The van der Waals surface area contributed by atoms with Crippen LogP contribution in [0, 0.1) is 19.7 Å². The first-order chi connectivity index (χ1) is 13.2. The van der Waals surface area contributed by atoms with Gasteiger partial charge in [0.1, 0.15) is 11.9 Å². The molecular formula is C20H19FN2O4S. The molecule has 2 aromatic rings. The van der Waals surface area contributed by atoms with Crippen LogP contribution >= 0.6 is 11.8 Å². The van der Waals surface area contributed by atoms with Gasteiger partial charge in [-0.05, 0) is 74.5 Å². The number of esters is 1. The molecule has 6 nitrogen and oxygen atoms in total. The van der Waals surface area contributed by atoms with Gasteiger partial charge in [0.05, 0.1) is 12.0 Å². The summed E-state index contributed by atoms with van der Waals surface area (Å²) in [5.41, 5.74) is 3.30. The number of amides is 2. The molecule has 1 aliphatic rings. The molecule has 1 aromatic heterocycles. The van der Waals surface area contributed by atoms with Crippen LogP contribution in [0.5, 0.6) is 0 Å². The lowest BCUT2D eigenvalue weighted by molar-refractivity contribution is -0.148. The summed E-state index contributed by atoms with van der Waals surface area (Å²) in [7, 11) is 1.21. The first kappa shape index (κ1) is 19.9. The Hall–Kier alpha value is -2.87. The molecule has 1 unspecified atom stereocenters. The largest absolute Gasteiger partial charge is 0.467 e. The van der Waals surface area contributed by atoms with Crippen LogP contribution < -0.4 is 0 Å². The van der Waals surface area contributed by atoms with Crippen molar-refractivity contribution in [2.24, 2.45) is 0 Å². The molecule has 1 aromatic carbocycles. The average molecular weight is 402 g/mol. The fourth-order valence-corrected chi connectivity index (χ4v) is 4.05. The van der Waals surface area contributed by atoms with Crippen LogP contribution in [0.4, 0.5) is 9.18 Å². The summed E-state index contributed by atoms with van der Waals surface area (Å²) in [6.07, 6.45) is 1.64. The number of carbonyl (C=O) groups excluding carboxylic acids is 3. The van der Waals surface area contributed by atoms with E-state index >= 15 is 0 Å². The van der Waals surface area contributed by atoms with Gasteiger partial charge in [0.25, 0.3) is 11.1 Å². The van der Waals surface area contributed by atoms with E-state index in [0.29, 0.717) is 0 Å². The molecule has 28 heavy (non-hydrogen) atoms. The number of methoxy groups -OCH3 is 1. The van der Waals surface area contributed by atoms with E-state index in [0.717, 1.165) is 39.3 Å². The Morgan fingerprint density at radius 1 is 1.21 bits per heavy atom. The number of ether oxygens (including phenoxy) is 1. The van der Waals surface area contributed by atoms with Gasteiger partial charge in [-0.3, -0.25) is 14.5 Å². The first-order valence-electron chi connectivity index (χ1n) is 8.54. The van der Waals surface area contributed by atoms with Gasteiger partial charge in [0.15, 0.2) is 0 Å². The molecule has 0 spiro atoms. The number of nitrogens with zero attached hydrogens (tertiary/aromatic N) is 2. The molecule has 2 amide bonds. The number of benzene rings is 1. The number of imide groups is 1. The Labute approximate surface area is 166 Å². The Morgan fingerprint density at radius 3 is 2.46 bits per heavy atom. The molecule has 1 aliphatic heterocycles. The van der Waals surface area contributed by atoms with E-state index in [4.69, 9.17) is 0 Å². The number of hydrogen-bond acceptors (Lipinski definition) is 5. The molecule has 0 saturated carbocycles. The highest BCUT2D eigenvalue weighted by molar-refractivity contribution is 8.18. The molecule has 0 N–H and O–H groups in total. The Bertz CT molecular complexity index is 994. The van der Waals surface area contributed by atoms with Crippen molar-refractivity contribution in [2.75, 3.05) is 7.11 Å². The van der Waals surface area contributed by atoms with Gasteiger partial charge in [-0.25, -0.2) is 9.18 Å². The van der Waals surface area contributed by atoms with E-state index in [1.165, 1.54) is 26.2 Å². The lowest BCUT2D eigenvalue weighted by atomic mass is 10.2. The van der Waals surface area contributed by atoms with Crippen molar-refractivity contribution in [3.05, 3.63) is 58.0 Å². The zero-order valence-corrected chi connectivity index (χ0v) is 16.7. The van der Waals surface area contributed by atoms with Crippen molar-refractivity contribution in [2.45, 2.75) is 26.8 Å². The summed E-state index contributed by atoms with van der Waals surface area (Å²) < 4.78 is 19.8. The van der Waals surface area contributed by atoms with Gasteiger partial charge in [-0.15, -0.1) is 0 Å². The van der Waals surface area contributed by atoms with Gasteiger partial charge >= 0.3 is 5.97 Å². The highest BCUT2D eigenvalue weighted by atomic mass is 32.2. The topological polar surface area (TPSA) is 68.6 Å². The van der Waals surface area contributed by atoms with Crippen molar-refractivity contribution in [3.63, 3.8) is 0 Å². The minimum absolute atomic E-state index is 0.236. The van der Waals surface area contributed by atoms with E-state index in [-0.39, 0.29) is 10.7 Å². The highest BCUT2D eigenvalue weighted by Crippen LogP contribution is 2.35. The summed E-state index contributed by atoms with van der Waals surface area (Å²) in [5, 5.41) is -0.513. The average Bonchev–Trinajstić information content (AvgIpc) is 3.10. The molecule has 0 bridgehead atoms. The van der Waals surface area contributed by atoms with Crippen LogP contribution in [0.3, 0.4) is 0 Å². The van der Waals surface area contributed by atoms with E-state index in [2.05, 4.69) is 4.74 Å². The molecule has 8 heteroatoms. The van der Waals surface area contributed by atoms with Crippen LogP contribution in [0.25, 0.3) is 11.8 Å². The SMILES string of the molecule is COC(=O)C(C)N1C(=O)S/C(=C/c2cc(C)n(-c3ccc(F)cc3)c2C)C1=O. The molecular weight excluding hydrogens is 383 g/mol. The van der Waals surface area contributed by atoms with Gasteiger partial charge in [0.2, 0.25) is 0 Å². The monoisotopic (exact) mass is 402 g/mol. The summed E-state index contributed by atoms with van der Waals surface area (Å²) in [4.78, 5) is 37.7. The third kappa shape index (κ3) is 3.47. The summed E-state index contributed by atoms with van der Waals surface area (Å²) in [6.45, 7) is 5.23. The van der Waals surface area contributed by atoms with E-state index in [1.54, 1.807) is 18.2 Å². The van der Waals surface area contributed by atoms with E-state index < -0.39 is 23.2 Å². The second-order valence-corrected chi connectivity index (χ2v) is 7.38. The Balaban J connectivity index is 1.95. The molecule has 2 heterocycles. The second kappa shape index (κ2) is 7.63. The lowest BCUT2D eigenvalue weighted by Gasteiger charge is -2.18. The highest BCUT2D eigenvalue weighted by Gasteiger charge is 2.41. The third-order valence-electron chi connectivity index (χ3n) is 4.59. The zero-order valence-electron chi connectivity index (χ0n) is 15.9. The van der Waals surface area contributed by atoms with Crippen LogP contribution in [0.1, 0.15) is 23.9 Å². The third-order valence-corrected chi connectivity index (χ3v) is 5.48. The van der Waals surface area contributed by atoms with E-state index in [9.17, 15) is 18.8 Å². The maximum Gasteiger partial charge on any atom is 0.328 e. The van der Waals surface area contributed by atoms with Crippen LogP contribution in [-0.4, -0.2) is 39.7 Å². The van der Waals surface area contributed by atoms with Gasteiger partial charge in [-0.2, -0.15) is 0 Å². The molecule has 146 valence electrons. The molecule has 1 atom stereocenters. The number of aromatic nitrogens is 1. The Kier molecular flexibility index (Phi) is 5.42. The molecule has 0 aliphatic carbocycles. The maximum absolute atomic E-state index is 13.2. The van der Waals surface area contributed by atoms with E-state index in [1.807, 2.05) is 24.5 Å². The van der Waals surface area contributed by atoms with Crippen molar-refractivity contribution in [3.8, 4) is 5.69 Å².